The summed E-state index contributed by atoms with van der Waals surface area (Å²) >= 11 is 12.1. The summed E-state index contributed by atoms with van der Waals surface area (Å²) in [6.07, 6.45) is 14.2. The minimum atomic E-state index is 0.135. The zero-order valence-corrected chi connectivity index (χ0v) is 9.30. The maximum atomic E-state index is 6.06. The Hall–Kier alpha value is -0.460. The van der Waals surface area contributed by atoms with Gasteiger partial charge < -0.3 is 0 Å². The van der Waals surface area contributed by atoms with Gasteiger partial charge in [0.1, 0.15) is 0 Å². The average Bonchev–Trinajstić information content (AvgIpc) is 2.18. The highest BCUT2D eigenvalue weighted by Crippen LogP contribution is 2.29. The van der Waals surface area contributed by atoms with E-state index in [1.807, 2.05) is 24.3 Å². The van der Waals surface area contributed by atoms with Crippen molar-refractivity contribution in [1.29, 1.82) is 0 Å². The van der Waals surface area contributed by atoms with Crippen LogP contribution < -0.4 is 0 Å². The van der Waals surface area contributed by atoms with E-state index in [1.54, 1.807) is 0 Å². The largest absolute Gasteiger partial charge is 0.118 e. The van der Waals surface area contributed by atoms with Gasteiger partial charge in [0.25, 0.3) is 0 Å². The molecule has 0 N–H and O–H groups in total. The second kappa shape index (κ2) is 4.37. The summed E-state index contributed by atoms with van der Waals surface area (Å²) in [6, 6.07) is 0. The zero-order valence-electron chi connectivity index (χ0n) is 7.79. The third-order valence-electron chi connectivity index (χ3n) is 2.48. The van der Waals surface area contributed by atoms with Crippen molar-refractivity contribution in [2.24, 2.45) is 0 Å². The van der Waals surface area contributed by atoms with Gasteiger partial charge in [0, 0.05) is 0 Å². The van der Waals surface area contributed by atoms with Gasteiger partial charge in [-0.3, -0.25) is 0 Å². The summed E-state index contributed by atoms with van der Waals surface area (Å²) < 4.78 is 0. The number of halogens is 2. The molecule has 0 saturated heterocycles. The fourth-order valence-electron chi connectivity index (χ4n) is 1.75. The van der Waals surface area contributed by atoms with Crippen LogP contribution in [0.2, 0.25) is 0 Å². The lowest BCUT2D eigenvalue weighted by atomic mass is 9.91. The van der Waals surface area contributed by atoms with E-state index in [0.29, 0.717) is 0 Å². The number of hydrogen-bond acceptors (Lipinski definition) is 0. The highest BCUT2D eigenvalue weighted by molar-refractivity contribution is 6.22. The molecule has 0 saturated carbocycles. The standard InChI is InChI=1S/C12H12Cl2/c13-11-5-1-3-9(7-11)10-4-2-6-12(14)8-10/h1-6,11-12H,7-8H2. The third kappa shape index (κ3) is 2.31. The predicted molar refractivity (Wildman–Crippen MR) is 63.0 cm³/mol. The Kier molecular flexibility index (Phi) is 3.15. The fourth-order valence-corrected chi connectivity index (χ4v) is 2.25. The van der Waals surface area contributed by atoms with Crippen molar-refractivity contribution < 1.29 is 0 Å². The Morgan fingerprint density at radius 2 is 1.29 bits per heavy atom. The highest BCUT2D eigenvalue weighted by Gasteiger charge is 2.15. The van der Waals surface area contributed by atoms with Gasteiger partial charge in [-0.1, -0.05) is 36.5 Å². The molecule has 0 aromatic rings. The molecule has 0 nitrogen and oxygen atoms in total. The van der Waals surface area contributed by atoms with Crippen molar-refractivity contribution >= 4 is 23.2 Å². The van der Waals surface area contributed by atoms with E-state index < -0.39 is 0 Å². The molecule has 0 fully saturated rings. The zero-order chi connectivity index (χ0) is 9.97. The third-order valence-corrected chi connectivity index (χ3v) is 3.08. The van der Waals surface area contributed by atoms with Crippen molar-refractivity contribution in [1.82, 2.24) is 0 Å². The molecule has 2 heteroatoms. The van der Waals surface area contributed by atoms with Crippen LogP contribution in [0.3, 0.4) is 0 Å². The average molecular weight is 227 g/mol. The van der Waals surface area contributed by atoms with Crippen LogP contribution in [0.25, 0.3) is 0 Å². The van der Waals surface area contributed by atoms with Crippen LogP contribution in [-0.4, -0.2) is 10.8 Å². The number of hydrogen-bond donors (Lipinski definition) is 0. The lowest BCUT2D eigenvalue weighted by Gasteiger charge is -2.19. The van der Waals surface area contributed by atoms with Gasteiger partial charge in [-0.2, -0.15) is 0 Å². The SMILES string of the molecule is ClC1C=CC=C(C2=CC=CC(Cl)C2)C1. The first-order valence-electron chi connectivity index (χ1n) is 4.79. The van der Waals surface area contributed by atoms with Crippen molar-refractivity contribution in [3.63, 3.8) is 0 Å². The van der Waals surface area contributed by atoms with Crippen LogP contribution in [-0.2, 0) is 0 Å². The fraction of sp³-hybridized carbons (Fsp3) is 0.333. The Labute approximate surface area is 94.6 Å². The highest BCUT2D eigenvalue weighted by atomic mass is 35.5. The van der Waals surface area contributed by atoms with Gasteiger partial charge in [0.05, 0.1) is 10.8 Å². The quantitative estimate of drug-likeness (QED) is 0.594. The van der Waals surface area contributed by atoms with Crippen LogP contribution in [0.5, 0.6) is 0 Å². The van der Waals surface area contributed by atoms with Crippen molar-refractivity contribution in [2.75, 3.05) is 0 Å². The second-order valence-electron chi connectivity index (χ2n) is 3.59. The minimum absolute atomic E-state index is 0.135. The molecule has 14 heavy (non-hydrogen) atoms. The summed E-state index contributed by atoms with van der Waals surface area (Å²) in [5.41, 5.74) is 2.64. The summed E-state index contributed by atoms with van der Waals surface area (Å²) in [4.78, 5) is 0. The van der Waals surface area contributed by atoms with Gasteiger partial charge in [-0.05, 0) is 24.0 Å². The van der Waals surface area contributed by atoms with Gasteiger partial charge in [-0.25, -0.2) is 0 Å². The number of alkyl halides is 2. The Bertz CT molecular complexity index is 300. The Morgan fingerprint density at radius 1 is 0.857 bits per heavy atom. The number of rotatable bonds is 1. The maximum Gasteiger partial charge on any atom is 0.0559 e. The molecule has 0 aromatic carbocycles. The lowest BCUT2D eigenvalue weighted by molar-refractivity contribution is 0.905. The topological polar surface area (TPSA) is 0 Å². The predicted octanol–water partition coefficient (Wildman–Crippen LogP) is 3.97. The molecule has 0 aromatic heterocycles. The molecule has 2 aliphatic carbocycles. The monoisotopic (exact) mass is 226 g/mol. The van der Waals surface area contributed by atoms with Gasteiger partial charge in [0.2, 0.25) is 0 Å². The normalized spacial score (nSPS) is 31.3. The minimum Gasteiger partial charge on any atom is -0.118 e. The van der Waals surface area contributed by atoms with E-state index >= 15 is 0 Å². The van der Waals surface area contributed by atoms with Crippen LogP contribution in [0, 0.1) is 0 Å². The molecule has 2 atom stereocenters. The molecule has 2 aliphatic rings. The summed E-state index contributed by atoms with van der Waals surface area (Å²) in [5, 5.41) is 0.270. The molecule has 2 unspecified atom stereocenters. The molecular weight excluding hydrogens is 215 g/mol. The summed E-state index contributed by atoms with van der Waals surface area (Å²) in [7, 11) is 0. The van der Waals surface area contributed by atoms with Crippen molar-refractivity contribution in [3.05, 3.63) is 47.6 Å². The molecule has 0 aliphatic heterocycles. The molecule has 0 spiro atoms. The van der Waals surface area contributed by atoms with E-state index in [2.05, 4.69) is 12.2 Å². The first kappa shape index (κ1) is 10.1. The van der Waals surface area contributed by atoms with Crippen LogP contribution in [0.15, 0.2) is 47.6 Å². The first-order valence-corrected chi connectivity index (χ1v) is 5.66. The van der Waals surface area contributed by atoms with Crippen molar-refractivity contribution in [3.8, 4) is 0 Å². The van der Waals surface area contributed by atoms with Gasteiger partial charge in [-0.15, -0.1) is 23.2 Å². The molecule has 74 valence electrons. The summed E-state index contributed by atoms with van der Waals surface area (Å²) in [6.45, 7) is 0. The molecule has 0 heterocycles. The van der Waals surface area contributed by atoms with Crippen LogP contribution in [0.1, 0.15) is 12.8 Å². The first-order chi connectivity index (χ1) is 6.75. The number of allylic oxidation sites excluding steroid dienone is 8. The molecule has 0 radical (unpaired) electrons. The Morgan fingerprint density at radius 3 is 1.64 bits per heavy atom. The van der Waals surface area contributed by atoms with E-state index in [0.717, 1.165) is 12.8 Å². The Balaban J connectivity index is 2.16. The van der Waals surface area contributed by atoms with E-state index in [-0.39, 0.29) is 10.8 Å². The smallest absolute Gasteiger partial charge is 0.0559 e. The van der Waals surface area contributed by atoms with Crippen molar-refractivity contribution in [2.45, 2.75) is 23.6 Å². The van der Waals surface area contributed by atoms with E-state index in [4.69, 9.17) is 23.2 Å². The molecular formula is C12H12Cl2. The molecule has 0 amide bonds. The molecule has 0 bridgehead atoms. The van der Waals surface area contributed by atoms with Gasteiger partial charge >= 0.3 is 0 Å². The van der Waals surface area contributed by atoms with E-state index in [1.165, 1.54) is 11.1 Å². The van der Waals surface area contributed by atoms with Crippen LogP contribution in [0.4, 0.5) is 0 Å². The summed E-state index contributed by atoms with van der Waals surface area (Å²) in [5.74, 6) is 0. The van der Waals surface area contributed by atoms with Crippen LogP contribution >= 0.6 is 23.2 Å². The second-order valence-corrected chi connectivity index (χ2v) is 4.72. The molecule has 2 rings (SSSR count). The van der Waals surface area contributed by atoms with Gasteiger partial charge in [0.15, 0.2) is 0 Å². The maximum absolute atomic E-state index is 6.06. The lowest BCUT2D eigenvalue weighted by Crippen LogP contribution is -2.07. The van der Waals surface area contributed by atoms with E-state index in [9.17, 15) is 0 Å².